The summed E-state index contributed by atoms with van der Waals surface area (Å²) < 4.78 is 6.17. The van der Waals surface area contributed by atoms with Gasteiger partial charge in [-0.15, -0.1) is 0 Å². The molecular weight excluding hydrogens is 693 g/mol. The topological polar surface area (TPSA) is 19.6 Å². The predicted octanol–water partition coefficient (Wildman–Crippen LogP) is 15.1. The van der Waals surface area contributed by atoms with Gasteiger partial charge in [0.05, 0.1) is 11.4 Å². The van der Waals surface area contributed by atoms with Crippen molar-refractivity contribution < 1.29 is 4.42 Å². The molecule has 3 nitrogen and oxygen atoms in total. The third-order valence-corrected chi connectivity index (χ3v) is 12.6. The standard InChI is InChI=1S/C54H42N2O/c1-53(2)45-18-10-8-16-41(45)43-33-48-50(34-47(43)53)56(49-20-12-11-19-46(49)54(48,3)4)39-28-24-36(25-29-39)35-22-26-38(27-23-35)55(37-14-6-5-7-15-37)40-30-31-52-44(32-40)42-17-9-13-21-51(42)57-52/h5-34H,1-4H3. The van der Waals surface area contributed by atoms with Crippen LogP contribution in [0.1, 0.15) is 49.9 Å². The molecule has 1 aliphatic carbocycles. The number of rotatable bonds is 5. The quantitative estimate of drug-likeness (QED) is 0.176. The lowest BCUT2D eigenvalue weighted by Gasteiger charge is -2.43. The molecule has 11 rings (SSSR count). The molecule has 0 atom stereocenters. The number of fused-ring (bicyclic) bond motifs is 8. The average molecular weight is 735 g/mol. The molecule has 0 bridgehead atoms. The molecule has 274 valence electrons. The monoisotopic (exact) mass is 734 g/mol. The summed E-state index contributed by atoms with van der Waals surface area (Å²) in [6, 6.07) is 66.2. The Morgan fingerprint density at radius 2 is 1.00 bits per heavy atom. The van der Waals surface area contributed by atoms with Crippen LogP contribution in [0, 0.1) is 0 Å². The van der Waals surface area contributed by atoms with Crippen molar-refractivity contribution in [3.05, 3.63) is 204 Å². The van der Waals surface area contributed by atoms with Crippen LogP contribution in [0.4, 0.5) is 34.1 Å². The summed E-state index contributed by atoms with van der Waals surface area (Å²) in [4.78, 5) is 4.80. The van der Waals surface area contributed by atoms with Gasteiger partial charge < -0.3 is 14.2 Å². The van der Waals surface area contributed by atoms with Gasteiger partial charge >= 0.3 is 0 Å². The van der Waals surface area contributed by atoms with Crippen LogP contribution in [0.2, 0.25) is 0 Å². The van der Waals surface area contributed by atoms with Crippen molar-refractivity contribution in [2.75, 3.05) is 9.80 Å². The SMILES string of the molecule is CC1(C)c2ccccc2-c2cc3c(cc21)N(c1ccc(-c2ccc(N(c4ccccc4)c4ccc5oc6ccccc6c5c4)cc2)cc1)c1ccccc1C3(C)C. The van der Waals surface area contributed by atoms with Gasteiger partial charge in [0.2, 0.25) is 0 Å². The molecule has 0 saturated heterocycles. The van der Waals surface area contributed by atoms with Crippen molar-refractivity contribution in [2.24, 2.45) is 0 Å². The third kappa shape index (κ3) is 5.05. The molecule has 2 heterocycles. The molecule has 0 spiro atoms. The molecule has 0 radical (unpaired) electrons. The smallest absolute Gasteiger partial charge is 0.135 e. The molecule has 0 unspecified atom stereocenters. The normalized spacial score (nSPS) is 14.6. The van der Waals surface area contributed by atoms with Crippen molar-refractivity contribution in [3.63, 3.8) is 0 Å². The number of hydrogen-bond acceptors (Lipinski definition) is 3. The van der Waals surface area contributed by atoms with Crippen molar-refractivity contribution in [3.8, 4) is 22.3 Å². The summed E-state index contributed by atoms with van der Waals surface area (Å²) in [6.45, 7) is 9.50. The Hall–Kier alpha value is -6.84. The first-order valence-electron chi connectivity index (χ1n) is 19.9. The average Bonchev–Trinajstić information content (AvgIpc) is 3.73. The van der Waals surface area contributed by atoms with E-state index in [4.69, 9.17) is 4.42 Å². The molecule has 57 heavy (non-hydrogen) atoms. The maximum atomic E-state index is 6.17. The first-order chi connectivity index (χ1) is 27.8. The fourth-order valence-corrected chi connectivity index (χ4v) is 9.66. The summed E-state index contributed by atoms with van der Waals surface area (Å²) in [7, 11) is 0. The number of para-hydroxylation sites is 3. The highest BCUT2D eigenvalue weighted by molar-refractivity contribution is 6.06. The molecule has 1 aromatic heterocycles. The van der Waals surface area contributed by atoms with Gasteiger partial charge in [0.15, 0.2) is 0 Å². The largest absolute Gasteiger partial charge is 0.456 e. The van der Waals surface area contributed by atoms with E-state index in [-0.39, 0.29) is 10.8 Å². The highest BCUT2D eigenvalue weighted by Gasteiger charge is 2.42. The number of anilines is 6. The maximum absolute atomic E-state index is 6.17. The van der Waals surface area contributed by atoms with Gasteiger partial charge in [-0.2, -0.15) is 0 Å². The van der Waals surface area contributed by atoms with Gasteiger partial charge in [0.25, 0.3) is 0 Å². The zero-order valence-electron chi connectivity index (χ0n) is 32.6. The third-order valence-electron chi connectivity index (χ3n) is 12.6. The van der Waals surface area contributed by atoms with E-state index in [1.54, 1.807) is 0 Å². The minimum Gasteiger partial charge on any atom is -0.456 e. The van der Waals surface area contributed by atoms with E-state index in [1.807, 2.05) is 12.1 Å². The molecule has 0 amide bonds. The van der Waals surface area contributed by atoms with Crippen LogP contribution in [0.3, 0.4) is 0 Å². The van der Waals surface area contributed by atoms with E-state index in [0.717, 1.165) is 44.7 Å². The fraction of sp³-hybridized carbons (Fsp3) is 0.111. The summed E-state index contributed by atoms with van der Waals surface area (Å²) in [5.41, 5.74) is 19.1. The molecule has 8 aromatic carbocycles. The van der Waals surface area contributed by atoms with Crippen LogP contribution in [-0.2, 0) is 10.8 Å². The Morgan fingerprint density at radius 3 is 1.79 bits per heavy atom. The minimum atomic E-state index is -0.160. The highest BCUT2D eigenvalue weighted by Crippen LogP contribution is 2.57. The van der Waals surface area contributed by atoms with E-state index in [0.29, 0.717) is 0 Å². The molecule has 2 aliphatic rings. The molecule has 0 fully saturated rings. The maximum Gasteiger partial charge on any atom is 0.135 e. The van der Waals surface area contributed by atoms with Crippen molar-refractivity contribution in [1.29, 1.82) is 0 Å². The molecular formula is C54H42N2O. The van der Waals surface area contributed by atoms with Gasteiger partial charge in [-0.1, -0.05) is 131 Å². The first kappa shape index (κ1) is 33.5. The Labute approximate surface area is 334 Å². The van der Waals surface area contributed by atoms with Crippen LogP contribution in [0.25, 0.3) is 44.2 Å². The van der Waals surface area contributed by atoms with Crippen molar-refractivity contribution >= 4 is 56.1 Å². The van der Waals surface area contributed by atoms with Crippen LogP contribution in [0.5, 0.6) is 0 Å². The molecule has 0 N–H and O–H groups in total. The summed E-state index contributed by atoms with van der Waals surface area (Å²) in [6.07, 6.45) is 0. The lowest BCUT2D eigenvalue weighted by molar-refractivity contribution is 0.627. The first-order valence-corrected chi connectivity index (χ1v) is 19.9. The Bertz CT molecular complexity index is 3010. The lowest BCUT2D eigenvalue weighted by Crippen LogP contribution is -2.31. The zero-order chi connectivity index (χ0) is 38.5. The number of nitrogens with zero attached hydrogens (tertiary/aromatic N) is 2. The van der Waals surface area contributed by atoms with Crippen LogP contribution in [0.15, 0.2) is 186 Å². The number of hydrogen-bond donors (Lipinski definition) is 0. The summed E-state index contributed by atoms with van der Waals surface area (Å²) in [5.74, 6) is 0. The second-order valence-electron chi connectivity index (χ2n) is 16.6. The Kier molecular flexibility index (Phi) is 7.25. The van der Waals surface area contributed by atoms with E-state index in [1.165, 1.54) is 55.9 Å². The zero-order valence-corrected chi connectivity index (χ0v) is 32.6. The number of benzene rings is 8. The fourth-order valence-electron chi connectivity index (χ4n) is 9.66. The Balaban J connectivity index is 0.969. The van der Waals surface area contributed by atoms with Gasteiger partial charge in [0.1, 0.15) is 11.2 Å². The van der Waals surface area contributed by atoms with E-state index in [2.05, 4.69) is 207 Å². The molecule has 1 aliphatic heterocycles. The van der Waals surface area contributed by atoms with E-state index >= 15 is 0 Å². The van der Waals surface area contributed by atoms with Crippen LogP contribution < -0.4 is 9.80 Å². The molecule has 0 saturated carbocycles. The van der Waals surface area contributed by atoms with Crippen LogP contribution in [-0.4, -0.2) is 0 Å². The van der Waals surface area contributed by atoms with Crippen molar-refractivity contribution in [1.82, 2.24) is 0 Å². The van der Waals surface area contributed by atoms with Gasteiger partial charge in [-0.05, 0) is 123 Å². The van der Waals surface area contributed by atoms with Gasteiger partial charge in [-0.3, -0.25) is 0 Å². The van der Waals surface area contributed by atoms with Crippen LogP contribution >= 0.6 is 0 Å². The van der Waals surface area contributed by atoms with E-state index in [9.17, 15) is 0 Å². The second kappa shape index (κ2) is 12.3. The van der Waals surface area contributed by atoms with Crippen molar-refractivity contribution in [2.45, 2.75) is 38.5 Å². The van der Waals surface area contributed by atoms with Gasteiger partial charge in [0, 0.05) is 44.4 Å². The Morgan fingerprint density at radius 1 is 0.404 bits per heavy atom. The molecule has 3 heteroatoms. The van der Waals surface area contributed by atoms with Gasteiger partial charge in [-0.25, -0.2) is 0 Å². The highest BCUT2D eigenvalue weighted by atomic mass is 16.3. The minimum absolute atomic E-state index is 0.0831. The number of furan rings is 1. The van der Waals surface area contributed by atoms with E-state index < -0.39 is 0 Å². The summed E-state index contributed by atoms with van der Waals surface area (Å²) in [5, 5.41) is 2.24. The molecule has 9 aromatic rings. The lowest BCUT2D eigenvalue weighted by atomic mass is 9.72. The predicted molar refractivity (Wildman–Crippen MR) is 238 cm³/mol. The second-order valence-corrected chi connectivity index (χ2v) is 16.6. The summed E-state index contributed by atoms with van der Waals surface area (Å²) >= 11 is 0.